The van der Waals surface area contributed by atoms with Crippen LogP contribution < -0.4 is 20.6 Å². The van der Waals surface area contributed by atoms with Gasteiger partial charge in [0.2, 0.25) is 11.1 Å². The van der Waals surface area contributed by atoms with Crippen molar-refractivity contribution in [2.45, 2.75) is 37.9 Å². The molecule has 0 unspecified atom stereocenters. The molecule has 0 radical (unpaired) electrons. The van der Waals surface area contributed by atoms with E-state index in [0.29, 0.717) is 35.5 Å². The Morgan fingerprint density at radius 2 is 1.94 bits per heavy atom. The average Bonchev–Trinajstić information content (AvgIpc) is 3.01. The fourth-order valence-corrected chi connectivity index (χ4v) is 4.38. The molecule has 3 N–H and O–H groups in total. The number of nitrogen functional groups attached to an aromatic ring is 1. The third kappa shape index (κ3) is 5.61. The number of carbonyl (C=O) groups is 1. The van der Waals surface area contributed by atoms with Crippen LogP contribution in [0.1, 0.15) is 43.3 Å². The van der Waals surface area contributed by atoms with Gasteiger partial charge in [0.05, 0.1) is 25.0 Å². The Hall–Kier alpha value is -3.27. The van der Waals surface area contributed by atoms with Crippen LogP contribution in [-0.4, -0.2) is 39.7 Å². The van der Waals surface area contributed by atoms with Gasteiger partial charge < -0.3 is 20.6 Å². The summed E-state index contributed by atoms with van der Waals surface area (Å²) in [5.41, 5.74) is 1.43. The van der Waals surface area contributed by atoms with Crippen LogP contribution in [-0.2, 0) is 11.2 Å². The first-order valence-corrected chi connectivity index (χ1v) is 12.2. The van der Waals surface area contributed by atoms with E-state index in [1.165, 1.54) is 22.5 Å². The zero-order chi connectivity index (χ0) is 24.1. The summed E-state index contributed by atoms with van der Waals surface area (Å²) in [6.45, 7) is 5.32. The number of hydrogen-bond acceptors (Lipinski definition) is 7. The number of hydrogen-bond donors (Lipinski definition) is 2. The number of nitrogens with one attached hydrogen (secondary N) is 1. The first-order valence-electron chi connectivity index (χ1n) is 11.2. The predicted molar refractivity (Wildman–Crippen MR) is 128 cm³/mol. The van der Waals surface area contributed by atoms with Crippen LogP contribution in [0, 0.1) is 11.7 Å². The predicted octanol–water partition coefficient (Wildman–Crippen LogP) is 3.49. The first kappa shape index (κ1) is 23.9. The number of fused-ring (bicyclic) bond motifs is 1. The van der Waals surface area contributed by atoms with Gasteiger partial charge in [-0.1, -0.05) is 49.9 Å². The van der Waals surface area contributed by atoms with Crippen LogP contribution in [0.2, 0.25) is 0 Å². The van der Waals surface area contributed by atoms with Crippen LogP contribution in [0.15, 0.2) is 47.6 Å². The summed E-state index contributed by atoms with van der Waals surface area (Å²) in [7, 11) is 0. The Labute approximate surface area is 202 Å². The van der Waals surface area contributed by atoms with Crippen molar-refractivity contribution < 1.29 is 18.7 Å². The second-order valence-electron chi connectivity index (χ2n) is 8.37. The van der Waals surface area contributed by atoms with Gasteiger partial charge in [0.15, 0.2) is 17.3 Å². The number of rotatable bonds is 8. The van der Waals surface area contributed by atoms with E-state index >= 15 is 0 Å². The van der Waals surface area contributed by atoms with Gasteiger partial charge in [0, 0.05) is 12.8 Å². The van der Waals surface area contributed by atoms with Gasteiger partial charge >= 0.3 is 0 Å². The summed E-state index contributed by atoms with van der Waals surface area (Å²) in [6.07, 6.45) is 1.04. The SMILES string of the molecule is CC(C)[C@@H](NC(=O)CSc1nnc(Cc2ccccc2F)n1N)c1ccc2c(c1)OCCCO2. The molecule has 1 amide bonds. The molecule has 0 fully saturated rings. The van der Waals surface area contributed by atoms with Gasteiger partial charge in [-0.05, 0) is 35.2 Å². The van der Waals surface area contributed by atoms with E-state index in [9.17, 15) is 9.18 Å². The smallest absolute Gasteiger partial charge is 0.230 e. The Balaban J connectivity index is 1.38. The second kappa shape index (κ2) is 10.8. The lowest BCUT2D eigenvalue weighted by atomic mass is 9.95. The van der Waals surface area contributed by atoms with Gasteiger partial charge in [-0.3, -0.25) is 4.79 Å². The minimum absolute atomic E-state index is 0.114. The fourth-order valence-electron chi connectivity index (χ4n) is 3.69. The van der Waals surface area contributed by atoms with Crippen LogP contribution in [0.3, 0.4) is 0 Å². The van der Waals surface area contributed by atoms with E-state index in [0.717, 1.165) is 17.7 Å². The Kier molecular flexibility index (Phi) is 7.56. The number of carbonyl (C=O) groups excluding carboxylic acids is 1. The van der Waals surface area contributed by atoms with E-state index in [-0.39, 0.29) is 35.9 Å². The number of nitrogens with zero attached hydrogens (tertiary/aromatic N) is 3. The molecule has 4 rings (SSSR count). The summed E-state index contributed by atoms with van der Waals surface area (Å²) in [6, 6.07) is 12.0. The number of halogens is 1. The third-order valence-electron chi connectivity index (χ3n) is 5.49. The highest BCUT2D eigenvalue weighted by Gasteiger charge is 2.22. The van der Waals surface area contributed by atoms with E-state index in [2.05, 4.69) is 15.5 Å². The zero-order valence-electron chi connectivity index (χ0n) is 19.2. The van der Waals surface area contributed by atoms with Gasteiger partial charge in [0.1, 0.15) is 5.82 Å². The maximum Gasteiger partial charge on any atom is 0.230 e. The minimum atomic E-state index is -0.325. The number of ether oxygens (including phenoxy) is 2. The van der Waals surface area contributed by atoms with Gasteiger partial charge in [-0.15, -0.1) is 10.2 Å². The van der Waals surface area contributed by atoms with Crippen LogP contribution >= 0.6 is 11.8 Å². The van der Waals surface area contributed by atoms with Crippen molar-refractivity contribution in [2.24, 2.45) is 5.92 Å². The molecule has 0 saturated carbocycles. The van der Waals surface area contributed by atoms with Gasteiger partial charge in [0.25, 0.3) is 0 Å². The number of amides is 1. The standard InChI is InChI=1S/C24H28FN5O3S/c1-15(2)23(17-8-9-19-20(12-17)33-11-5-10-32-19)27-22(31)14-34-24-29-28-21(30(24)26)13-16-6-3-4-7-18(16)25/h3-4,6-9,12,15,23H,5,10-11,13-14,26H2,1-2H3,(H,27,31)/t23-/m1/s1. The summed E-state index contributed by atoms with van der Waals surface area (Å²) < 4.78 is 26.7. The summed E-state index contributed by atoms with van der Waals surface area (Å²) in [5.74, 6) is 7.72. The minimum Gasteiger partial charge on any atom is -0.490 e. The first-order chi connectivity index (χ1) is 16.4. The van der Waals surface area contributed by atoms with Crippen molar-refractivity contribution in [1.82, 2.24) is 20.2 Å². The number of thioether (sulfide) groups is 1. The molecule has 8 nitrogen and oxygen atoms in total. The molecule has 2 heterocycles. The topological polar surface area (TPSA) is 104 Å². The molecule has 1 aliphatic rings. The Morgan fingerprint density at radius 3 is 2.71 bits per heavy atom. The highest BCUT2D eigenvalue weighted by molar-refractivity contribution is 7.99. The van der Waals surface area contributed by atoms with Crippen molar-refractivity contribution in [2.75, 3.05) is 24.8 Å². The van der Waals surface area contributed by atoms with Crippen molar-refractivity contribution in [3.63, 3.8) is 0 Å². The fraction of sp³-hybridized carbons (Fsp3) is 0.375. The molecular formula is C24H28FN5O3S. The monoisotopic (exact) mass is 485 g/mol. The maximum absolute atomic E-state index is 13.9. The summed E-state index contributed by atoms with van der Waals surface area (Å²) in [5, 5.41) is 11.6. The normalized spacial score (nSPS) is 14.0. The molecule has 1 aliphatic heterocycles. The molecule has 0 saturated heterocycles. The van der Waals surface area contributed by atoms with Crippen molar-refractivity contribution in [3.8, 4) is 11.5 Å². The largest absolute Gasteiger partial charge is 0.490 e. The van der Waals surface area contributed by atoms with Gasteiger partial charge in [-0.2, -0.15) is 0 Å². The highest BCUT2D eigenvalue weighted by Crippen LogP contribution is 2.34. The molecule has 34 heavy (non-hydrogen) atoms. The number of benzene rings is 2. The molecular weight excluding hydrogens is 457 g/mol. The third-order valence-corrected chi connectivity index (χ3v) is 6.43. The van der Waals surface area contributed by atoms with Crippen molar-refractivity contribution >= 4 is 17.7 Å². The maximum atomic E-state index is 13.9. The molecule has 10 heteroatoms. The van der Waals surface area contributed by atoms with Crippen molar-refractivity contribution in [1.29, 1.82) is 0 Å². The Bertz CT molecular complexity index is 1150. The average molecular weight is 486 g/mol. The van der Waals surface area contributed by atoms with Crippen LogP contribution in [0.5, 0.6) is 11.5 Å². The second-order valence-corrected chi connectivity index (χ2v) is 9.31. The zero-order valence-corrected chi connectivity index (χ0v) is 20.0. The molecule has 1 atom stereocenters. The van der Waals surface area contributed by atoms with E-state index in [1.54, 1.807) is 18.2 Å². The molecule has 0 spiro atoms. The summed E-state index contributed by atoms with van der Waals surface area (Å²) in [4.78, 5) is 12.8. The molecule has 0 bridgehead atoms. The quantitative estimate of drug-likeness (QED) is 0.372. The molecule has 180 valence electrons. The molecule has 2 aromatic carbocycles. The highest BCUT2D eigenvalue weighted by atomic mass is 32.2. The lowest BCUT2D eigenvalue weighted by molar-refractivity contribution is -0.119. The van der Waals surface area contributed by atoms with E-state index in [1.807, 2.05) is 32.0 Å². The van der Waals surface area contributed by atoms with Gasteiger partial charge in [-0.25, -0.2) is 9.07 Å². The lowest BCUT2D eigenvalue weighted by Crippen LogP contribution is -2.33. The van der Waals surface area contributed by atoms with Crippen LogP contribution in [0.25, 0.3) is 0 Å². The van der Waals surface area contributed by atoms with Crippen molar-refractivity contribution in [3.05, 3.63) is 65.2 Å². The van der Waals surface area contributed by atoms with Crippen LogP contribution in [0.4, 0.5) is 4.39 Å². The molecule has 0 aliphatic carbocycles. The van der Waals surface area contributed by atoms with E-state index < -0.39 is 0 Å². The Morgan fingerprint density at radius 1 is 1.18 bits per heavy atom. The lowest BCUT2D eigenvalue weighted by Gasteiger charge is -2.23. The van der Waals surface area contributed by atoms with E-state index in [4.69, 9.17) is 15.3 Å². The number of aromatic nitrogens is 3. The molecule has 3 aromatic rings. The number of nitrogens with two attached hydrogens (primary N) is 1. The summed E-state index contributed by atoms with van der Waals surface area (Å²) >= 11 is 1.18. The molecule has 1 aromatic heterocycles.